The summed E-state index contributed by atoms with van der Waals surface area (Å²) in [4.78, 5) is 7.77. The normalized spacial score (nSPS) is 17.1. The molecule has 3 heterocycles. The number of aromatic amines is 1. The van der Waals surface area contributed by atoms with Gasteiger partial charge in [-0.3, -0.25) is 9.91 Å². The van der Waals surface area contributed by atoms with Crippen molar-refractivity contribution in [2.75, 3.05) is 35.8 Å². The zero-order valence-electron chi connectivity index (χ0n) is 16.9. The van der Waals surface area contributed by atoms with Gasteiger partial charge in [0.15, 0.2) is 11.8 Å². The van der Waals surface area contributed by atoms with Crippen molar-refractivity contribution in [2.24, 2.45) is 0 Å². The van der Waals surface area contributed by atoms with Gasteiger partial charge in [-0.15, -0.1) is 10.2 Å². The molecule has 0 saturated carbocycles. The lowest BCUT2D eigenvalue weighted by Gasteiger charge is -2.23. The highest BCUT2D eigenvalue weighted by atomic mass is 19.4. The third-order valence-electron chi connectivity index (χ3n) is 4.55. The number of nitrogens with one attached hydrogen (secondary N) is 2. The van der Waals surface area contributed by atoms with E-state index in [1.165, 1.54) is 17.0 Å². The minimum absolute atomic E-state index is 0.0338. The summed E-state index contributed by atoms with van der Waals surface area (Å²) in [7, 11) is 1.50. The maximum atomic E-state index is 13.8. The number of anilines is 3. The SMILES string of the molecule is CNN(Cc1nnc(C)o1)c1nc(O[C@@H](C)C(F)(F)F)[nH+]c(N2CCC(F)(F)C2)c1N. The second kappa shape index (κ2) is 8.28. The van der Waals surface area contributed by atoms with Crippen LogP contribution in [0.2, 0.25) is 0 Å². The number of alkyl halides is 5. The molecule has 172 valence electrons. The van der Waals surface area contributed by atoms with Gasteiger partial charge in [-0.1, -0.05) is 0 Å². The molecule has 0 radical (unpaired) electrons. The topological polar surface area (TPSA) is 120 Å². The molecule has 1 atom stereocenters. The molecule has 1 fully saturated rings. The number of nitrogens with zero attached hydrogens (tertiary/aromatic N) is 5. The van der Waals surface area contributed by atoms with Gasteiger partial charge >= 0.3 is 12.2 Å². The van der Waals surface area contributed by atoms with E-state index < -0.39 is 37.2 Å². The van der Waals surface area contributed by atoms with Crippen molar-refractivity contribution >= 4 is 17.3 Å². The first-order chi connectivity index (χ1) is 14.4. The van der Waals surface area contributed by atoms with Gasteiger partial charge in [0.25, 0.3) is 17.6 Å². The Hall–Kier alpha value is -2.97. The van der Waals surface area contributed by atoms with Crippen LogP contribution in [0.4, 0.5) is 39.3 Å². The fourth-order valence-electron chi connectivity index (χ4n) is 2.93. The van der Waals surface area contributed by atoms with Crippen molar-refractivity contribution in [2.45, 2.75) is 45.0 Å². The number of nitrogen functional groups attached to an aromatic ring is 1. The van der Waals surface area contributed by atoms with Gasteiger partial charge in [0.2, 0.25) is 11.8 Å². The Morgan fingerprint density at radius 3 is 2.61 bits per heavy atom. The van der Waals surface area contributed by atoms with E-state index in [0.29, 0.717) is 5.89 Å². The molecule has 0 aromatic carbocycles. The van der Waals surface area contributed by atoms with Crippen molar-refractivity contribution in [3.05, 3.63) is 11.8 Å². The van der Waals surface area contributed by atoms with E-state index >= 15 is 0 Å². The van der Waals surface area contributed by atoms with Crippen LogP contribution in [-0.4, -0.2) is 53.5 Å². The van der Waals surface area contributed by atoms with Crippen LogP contribution in [-0.2, 0) is 6.54 Å². The zero-order valence-corrected chi connectivity index (χ0v) is 16.9. The zero-order chi connectivity index (χ0) is 23.0. The Balaban J connectivity index is 2.01. The number of nitrogens with two attached hydrogens (primary N) is 1. The molecule has 2 aromatic heterocycles. The van der Waals surface area contributed by atoms with Crippen molar-refractivity contribution in [1.82, 2.24) is 20.6 Å². The Kier molecular flexibility index (Phi) is 6.07. The highest BCUT2D eigenvalue weighted by molar-refractivity contribution is 5.74. The third kappa shape index (κ3) is 5.21. The van der Waals surface area contributed by atoms with Crippen LogP contribution in [0.5, 0.6) is 6.01 Å². The summed E-state index contributed by atoms with van der Waals surface area (Å²) >= 11 is 0. The van der Waals surface area contributed by atoms with Gasteiger partial charge in [0.1, 0.15) is 13.1 Å². The first-order valence-corrected chi connectivity index (χ1v) is 9.22. The monoisotopic (exact) mass is 453 g/mol. The van der Waals surface area contributed by atoms with Gasteiger partial charge in [0.05, 0.1) is 6.54 Å². The first kappa shape index (κ1) is 22.7. The molecule has 1 aliphatic heterocycles. The van der Waals surface area contributed by atoms with Crippen LogP contribution in [0.1, 0.15) is 25.1 Å². The molecule has 31 heavy (non-hydrogen) atoms. The first-order valence-electron chi connectivity index (χ1n) is 9.22. The summed E-state index contributed by atoms with van der Waals surface area (Å²) in [5.74, 6) is -2.59. The van der Waals surface area contributed by atoms with E-state index in [9.17, 15) is 22.0 Å². The molecule has 0 spiro atoms. The van der Waals surface area contributed by atoms with Crippen molar-refractivity contribution in [1.29, 1.82) is 0 Å². The summed E-state index contributed by atoms with van der Waals surface area (Å²) in [5, 5.41) is 8.87. The lowest BCUT2D eigenvalue weighted by Crippen LogP contribution is -2.40. The lowest BCUT2D eigenvalue weighted by atomic mass is 10.3. The molecular formula is C16H22F5N8O2+. The van der Waals surface area contributed by atoms with Crippen molar-refractivity contribution in [3.63, 3.8) is 0 Å². The molecule has 1 saturated heterocycles. The van der Waals surface area contributed by atoms with Crippen molar-refractivity contribution < 1.29 is 36.1 Å². The van der Waals surface area contributed by atoms with Gasteiger partial charge in [-0.2, -0.15) is 13.2 Å². The minimum atomic E-state index is -4.66. The molecule has 3 rings (SSSR count). The quantitative estimate of drug-likeness (QED) is 0.475. The largest absolute Gasteiger partial charge is 0.434 e. The Morgan fingerprint density at radius 1 is 1.39 bits per heavy atom. The van der Waals surface area contributed by atoms with Crippen LogP contribution in [0.25, 0.3) is 0 Å². The van der Waals surface area contributed by atoms with Crippen LogP contribution in [0.15, 0.2) is 4.42 Å². The predicted octanol–water partition coefficient (Wildman–Crippen LogP) is 1.49. The fraction of sp³-hybridized carbons (Fsp3) is 0.625. The number of hydrogen-bond donors (Lipinski definition) is 2. The van der Waals surface area contributed by atoms with E-state index in [-0.39, 0.29) is 36.3 Å². The van der Waals surface area contributed by atoms with Gasteiger partial charge < -0.3 is 14.9 Å². The van der Waals surface area contributed by atoms with E-state index in [4.69, 9.17) is 14.9 Å². The molecule has 1 aliphatic rings. The van der Waals surface area contributed by atoms with Crippen LogP contribution in [0, 0.1) is 6.92 Å². The number of ether oxygens (including phenoxy) is 1. The Labute approximate surface area is 173 Å². The van der Waals surface area contributed by atoms with Crippen LogP contribution >= 0.6 is 0 Å². The van der Waals surface area contributed by atoms with Crippen LogP contribution in [0.3, 0.4) is 0 Å². The summed E-state index contributed by atoms with van der Waals surface area (Å²) in [6, 6.07) is -0.541. The number of aromatic nitrogens is 4. The summed E-state index contributed by atoms with van der Waals surface area (Å²) in [6.07, 6.45) is -7.30. The Bertz CT molecular complexity index is 922. The highest BCUT2D eigenvalue weighted by Crippen LogP contribution is 2.35. The van der Waals surface area contributed by atoms with Gasteiger partial charge in [-0.05, 0) is 11.9 Å². The Morgan fingerprint density at radius 2 is 2.10 bits per heavy atom. The average molecular weight is 453 g/mol. The van der Waals surface area contributed by atoms with Gasteiger partial charge in [0, 0.05) is 20.4 Å². The smallest absolute Gasteiger partial charge is 0.428 e. The number of H-pyrrole nitrogens is 1. The summed E-state index contributed by atoms with van der Waals surface area (Å²) in [6.45, 7) is 1.61. The van der Waals surface area contributed by atoms with E-state index in [1.807, 2.05) is 0 Å². The molecule has 0 aliphatic carbocycles. The van der Waals surface area contributed by atoms with E-state index in [2.05, 4.69) is 25.6 Å². The van der Waals surface area contributed by atoms with Crippen LogP contribution < -0.4 is 30.8 Å². The average Bonchev–Trinajstić information content (AvgIpc) is 3.24. The molecular weight excluding hydrogens is 431 g/mol. The molecule has 2 aromatic rings. The summed E-state index contributed by atoms with van der Waals surface area (Å²) in [5.41, 5.74) is 8.86. The third-order valence-corrected chi connectivity index (χ3v) is 4.55. The highest BCUT2D eigenvalue weighted by Gasteiger charge is 2.44. The molecule has 0 unspecified atom stereocenters. The minimum Gasteiger partial charge on any atom is -0.428 e. The molecule has 0 bridgehead atoms. The maximum absolute atomic E-state index is 13.8. The predicted molar refractivity (Wildman–Crippen MR) is 97.4 cm³/mol. The van der Waals surface area contributed by atoms with Crippen molar-refractivity contribution in [3.8, 4) is 6.01 Å². The maximum Gasteiger partial charge on any atom is 0.434 e. The second-order valence-electron chi connectivity index (χ2n) is 6.98. The second-order valence-corrected chi connectivity index (χ2v) is 6.98. The molecule has 10 nitrogen and oxygen atoms in total. The number of aryl methyl sites for hydroxylation is 1. The van der Waals surface area contributed by atoms with Gasteiger partial charge in [-0.25, -0.2) is 19.2 Å². The number of halogens is 5. The number of rotatable bonds is 7. The summed E-state index contributed by atoms with van der Waals surface area (Å²) < 4.78 is 76.7. The number of hydrogen-bond acceptors (Lipinski definition) is 9. The fourth-order valence-corrected chi connectivity index (χ4v) is 2.93. The van der Waals surface area contributed by atoms with E-state index in [0.717, 1.165) is 6.92 Å². The lowest BCUT2D eigenvalue weighted by molar-refractivity contribution is -0.393. The molecule has 15 heteroatoms. The number of hydrazine groups is 1. The standard InChI is InChI=1S/C16H21F5N8O2/c1-8(16(19,20)21)30-14-24-12(28-5-4-15(17,18)7-28)11(22)13(25-14)29(23-3)6-10-27-26-9(2)31-10/h8,23H,4-7,22H2,1-3H3/p+1/t8-/m0/s1. The molecule has 0 amide bonds. The molecule has 4 N–H and O–H groups in total. The van der Waals surface area contributed by atoms with E-state index in [1.54, 1.807) is 6.92 Å².